The van der Waals surface area contributed by atoms with Crippen molar-refractivity contribution in [1.29, 1.82) is 0 Å². The summed E-state index contributed by atoms with van der Waals surface area (Å²) >= 11 is 0. The lowest BCUT2D eigenvalue weighted by Crippen LogP contribution is -2.28. The van der Waals surface area contributed by atoms with Gasteiger partial charge in [0, 0.05) is 29.9 Å². The number of nitrogens with zero attached hydrogens (tertiary/aromatic N) is 1. The Morgan fingerprint density at radius 2 is 1.56 bits per heavy atom. The van der Waals surface area contributed by atoms with Crippen molar-refractivity contribution in [3.8, 4) is 0 Å². The first kappa shape index (κ1) is 27.0. The molecule has 5 rings (SSSR count). The van der Waals surface area contributed by atoms with Crippen molar-refractivity contribution in [3.63, 3.8) is 0 Å². The second-order valence-electron chi connectivity index (χ2n) is 8.09. The number of nitrogens with two attached hydrogens (primary N) is 2. The van der Waals surface area contributed by atoms with Crippen molar-refractivity contribution >= 4 is 16.5 Å². The van der Waals surface area contributed by atoms with E-state index >= 15 is 0 Å². The van der Waals surface area contributed by atoms with Crippen LogP contribution in [0.5, 0.6) is 0 Å². The summed E-state index contributed by atoms with van der Waals surface area (Å²) in [5.41, 5.74) is 4.84. The molecule has 1 aromatic heterocycles. The van der Waals surface area contributed by atoms with Gasteiger partial charge in [-0.15, -0.1) is 0 Å². The molecule has 3 aromatic carbocycles. The molecule has 190 valence electrons. The minimum absolute atomic E-state index is 0. The molecule has 9 heteroatoms. The van der Waals surface area contributed by atoms with E-state index in [2.05, 4.69) is 63.6 Å². The van der Waals surface area contributed by atoms with Crippen molar-refractivity contribution in [1.82, 2.24) is 10.2 Å². The molecule has 0 saturated carbocycles. The Bertz CT molecular complexity index is 1310. The predicted molar refractivity (Wildman–Crippen MR) is 141 cm³/mol. The maximum Gasteiger partial charge on any atom is 0.272 e. The average Bonchev–Trinajstić information content (AvgIpc) is 2.92. The summed E-state index contributed by atoms with van der Waals surface area (Å²) in [5.74, 6) is 7.91. The molecule has 1 aliphatic heterocycles. The van der Waals surface area contributed by atoms with Gasteiger partial charge in [-0.2, -0.15) is 5.10 Å². The van der Waals surface area contributed by atoms with Crippen LogP contribution in [0.2, 0.25) is 0 Å². The lowest BCUT2D eigenvalue weighted by atomic mass is 9.80. The second-order valence-corrected chi connectivity index (χ2v) is 8.09. The molecule has 0 amide bonds. The quantitative estimate of drug-likeness (QED) is 0.175. The van der Waals surface area contributed by atoms with Crippen LogP contribution in [0.4, 0.5) is 5.69 Å². The van der Waals surface area contributed by atoms with E-state index in [0.29, 0.717) is 18.6 Å². The number of benzene rings is 3. The molecule has 0 spiro atoms. The molecule has 2 unspecified atom stereocenters. The van der Waals surface area contributed by atoms with Crippen molar-refractivity contribution in [3.05, 3.63) is 106 Å². The van der Waals surface area contributed by atoms with E-state index in [4.69, 9.17) is 9.47 Å². The number of aromatic nitrogens is 2. The molecule has 0 aliphatic carbocycles. The van der Waals surface area contributed by atoms with Crippen LogP contribution in [0, 0.1) is 0 Å². The zero-order valence-corrected chi connectivity index (χ0v) is 20.4. The highest BCUT2D eigenvalue weighted by atomic mass is 16.7. The fourth-order valence-electron chi connectivity index (χ4n) is 4.69. The Hall–Kier alpha value is -3.60. The molecule has 4 aromatic rings. The van der Waals surface area contributed by atoms with Crippen LogP contribution in [-0.4, -0.2) is 28.9 Å². The van der Waals surface area contributed by atoms with E-state index in [0.717, 1.165) is 33.5 Å². The van der Waals surface area contributed by atoms with Gasteiger partial charge in [-0.25, -0.2) is 5.10 Å². The number of nitrogens with one attached hydrogen (secondary N) is 2. The molecular formula is C27H33N5O4. The predicted octanol–water partition coefficient (Wildman–Crippen LogP) is 3.29. The minimum atomic E-state index is -0.387. The standard InChI is InChI=1S/C27H27N3O3.H4N2.H2O/c1-3-32-27(33-4-2)19-15-13-17(14-16-19)22-24(18-9-6-5-7-10-18)28-21-12-8-11-20-23(21)25(22)29-30-26(20)31;1-2;/h5-16,22,24,27-28H,3-4H2,1-2H3,(H,30,31);1-2H2;1H2. The fourth-order valence-corrected chi connectivity index (χ4v) is 4.69. The highest BCUT2D eigenvalue weighted by Crippen LogP contribution is 2.46. The fraction of sp³-hybridized carbons (Fsp3) is 0.259. The summed E-state index contributed by atoms with van der Waals surface area (Å²) in [4.78, 5) is 12.5. The van der Waals surface area contributed by atoms with E-state index < -0.39 is 0 Å². The van der Waals surface area contributed by atoms with Crippen molar-refractivity contribution in [2.24, 2.45) is 11.7 Å². The molecule has 9 nitrogen and oxygen atoms in total. The van der Waals surface area contributed by atoms with Crippen molar-refractivity contribution in [2.45, 2.75) is 32.1 Å². The normalized spacial score (nSPS) is 16.0. The highest BCUT2D eigenvalue weighted by molar-refractivity contribution is 5.97. The van der Waals surface area contributed by atoms with Gasteiger partial charge in [0.1, 0.15) is 0 Å². The molecule has 2 atom stereocenters. The number of hydrogen-bond donors (Lipinski definition) is 4. The van der Waals surface area contributed by atoms with Gasteiger partial charge in [0.05, 0.1) is 23.0 Å². The number of ether oxygens (including phenoxy) is 2. The van der Waals surface area contributed by atoms with Gasteiger partial charge in [-0.05, 0) is 37.1 Å². The number of anilines is 1. The van der Waals surface area contributed by atoms with E-state index in [-0.39, 0.29) is 29.3 Å². The Kier molecular flexibility index (Phi) is 9.29. The third-order valence-electron chi connectivity index (χ3n) is 6.14. The molecular weight excluding hydrogens is 458 g/mol. The first-order chi connectivity index (χ1) is 17.2. The molecule has 36 heavy (non-hydrogen) atoms. The smallest absolute Gasteiger partial charge is 0.272 e. The topological polar surface area (TPSA) is 160 Å². The largest absolute Gasteiger partial charge is 0.412 e. The van der Waals surface area contributed by atoms with Gasteiger partial charge in [0.15, 0.2) is 6.29 Å². The van der Waals surface area contributed by atoms with Gasteiger partial charge in [-0.1, -0.05) is 60.7 Å². The van der Waals surface area contributed by atoms with Crippen LogP contribution in [-0.2, 0) is 9.47 Å². The lowest BCUT2D eigenvalue weighted by molar-refractivity contribution is -0.140. The Morgan fingerprint density at radius 1 is 0.889 bits per heavy atom. The van der Waals surface area contributed by atoms with Crippen LogP contribution >= 0.6 is 0 Å². The van der Waals surface area contributed by atoms with Crippen LogP contribution in [0.1, 0.15) is 54.5 Å². The summed E-state index contributed by atoms with van der Waals surface area (Å²) in [6.07, 6.45) is -0.387. The van der Waals surface area contributed by atoms with Gasteiger partial charge in [0.2, 0.25) is 0 Å². The Balaban J connectivity index is 0.00000117. The number of rotatable bonds is 7. The monoisotopic (exact) mass is 491 g/mol. The molecule has 2 heterocycles. The zero-order valence-electron chi connectivity index (χ0n) is 20.4. The van der Waals surface area contributed by atoms with Gasteiger partial charge in [-0.3, -0.25) is 16.5 Å². The van der Waals surface area contributed by atoms with Crippen LogP contribution in [0.15, 0.2) is 77.6 Å². The van der Waals surface area contributed by atoms with E-state index in [9.17, 15) is 4.79 Å². The maximum atomic E-state index is 12.5. The molecule has 0 saturated heterocycles. The van der Waals surface area contributed by atoms with Gasteiger partial charge < -0.3 is 20.3 Å². The summed E-state index contributed by atoms with van der Waals surface area (Å²) in [6, 6.07) is 24.4. The Morgan fingerprint density at radius 3 is 2.19 bits per heavy atom. The third-order valence-corrected chi connectivity index (χ3v) is 6.14. The Labute approximate surface area is 209 Å². The van der Waals surface area contributed by atoms with Gasteiger partial charge in [0.25, 0.3) is 5.56 Å². The average molecular weight is 492 g/mol. The molecule has 0 radical (unpaired) electrons. The minimum Gasteiger partial charge on any atom is -0.412 e. The van der Waals surface area contributed by atoms with E-state index in [1.54, 1.807) is 0 Å². The number of hydrazine groups is 1. The van der Waals surface area contributed by atoms with Crippen molar-refractivity contribution < 1.29 is 14.9 Å². The van der Waals surface area contributed by atoms with Crippen molar-refractivity contribution in [2.75, 3.05) is 18.5 Å². The third kappa shape index (κ3) is 5.15. The van der Waals surface area contributed by atoms with E-state index in [1.165, 1.54) is 0 Å². The first-order valence-corrected chi connectivity index (χ1v) is 11.7. The number of hydrogen-bond acceptors (Lipinski definition) is 7. The summed E-state index contributed by atoms with van der Waals surface area (Å²) < 4.78 is 11.5. The SMILES string of the molecule is CCOC(OCC)c1ccc(C2c3n[nH]c(=O)c4cccc(c34)NC2c2ccccc2)cc1.NN.O. The van der Waals surface area contributed by atoms with Gasteiger partial charge >= 0.3 is 0 Å². The van der Waals surface area contributed by atoms with E-state index in [1.807, 2.05) is 50.2 Å². The second kappa shape index (κ2) is 12.4. The molecule has 0 bridgehead atoms. The highest BCUT2D eigenvalue weighted by Gasteiger charge is 2.34. The summed E-state index contributed by atoms with van der Waals surface area (Å²) in [6.45, 7) is 5.07. The molecule has 0 fully saturated rings. The molecule has 1 aliphatic rings. The van der Waals surface area contributed by atoms with Crippen LogP contribution in [0.3, 0.4) is 0 Å². The zero-order chi connectivity index (χ0) is 24.8. The first-order valence-electron chi connectivity index (χ1n) is 11.7. The summed E-state index contributed by atoms with van der Waals surface area (Å²) in [5, 5.41) is 12.5. The lowest BCUT2D eigenvalue weighted by Gasteiger charge is -2.35. The maximum absolute atomic E-state index is 12.5. The van der Waals surface area contributed by atoms with Crippen LogP contribution in [0.25, 0.3) is 10.8 Å². The number of aromatic amines is 1. The van der Waals surface area contributed by atoms with Crippen LogP contribution < -0.4 is 22.6 Å². The summed E-state index contributed by atoms with van der Waals surface area (Å²) in [7, 11) is 0. The molecule has 8 N–H and O–H groups in total. The number of H-pyrrole nitrogens is 1.